The molecule has 2 heterocycles. The third-order valence-corrected chi connectivity index (χ3v) is 5.44. The molecular formula is C19H21N7OS. The number of thioether (sulfide) groups is 1. The number of anilines is 1. The molecule has 2 aromatic carbocycles. The van der Waals surface area contributed by atoms with Crippen molar-refractivity contribution in [2.24, 2.45) is 0 Å². The van der Waals surface area contributed by atoms with E-state index in [-0.39, 0.29) is 18.2 Å². The van der Waals surface area contributed by atoms with E-state index in [1.807, 2.05) is 61.5 Å². The Hall–Kier alpha value is -2.91. The zero-order chi connectivity index (χ0) is 19.3. The Bertz CT molecular complexity index is 929. The first-order valence-electron chi connectivity index (χ1n) is 9.02. The van der Waals surface area contributed by atoms with Crippen molar-refractivity contribution in [3.8, 4) is 5.69 Å². The van der Waals surface area contributed by atoms with Gasteiger partial charge in [-0.3, -0.25) is 10.1 Å². The molecule has 1 aliphatic heterocycles. The molecule has 2 atom stereocenters. The first-order chi connectivity index (χ1) is 13.7. The lowest BCUT2D eigenvalue weighted by Gasteiger charge is -2.32. The van der Waals surface area contributed by atoms with Crippen LogP contribution in [0.2, 0.25) is 0 Å². The summed E-state index contributed by atoms with van der Waals surface area (Å²) in [6.45, 7) is 2.04. The number of aryl methyl sites for hydroxylation is 1. The van der Waals surface area contributed by atoms with Crippen molar-refractivity contribution >= 4 is 23.4 Å². The van der Waals surface area contributed by atoms with E-state index in [0.717, 1.165) is 11.4 Å². The summed E-state index contributed by atoms with van der Waals surface area (Å²) in [5.74, 6) is 0.684. The molecule has 0 bridgehead atoms. The third kappa shape index (κ3) is 4.49. The Morgan fingerprint density at radius 1 is 1.18 bits per heavy atom. The number of hydrogen-bond acceptors (Lipinski definition) is 7. The van der Waals surface area contributed by atoms with Crippen molar-refractivity contribution in [1.82, 2.24) is 30.8 Å². The predicted octanol–water partition coefficient (Wildman–Crippen LogP) is 1.94. The standard InChI is InChI=1S/C19H21N7OS/c1-13-7-9-14(10-8-13)20-18-21-15(11-17(27)22-18)12-28-19-23-24-25-26(19)16-5-3-2-4-6-16/h2-10,15,18,20-21H,11-12H2,1H3,(H,22,27). The fourth-order valence-electron chi connectivity index (χ4n) is 2.96. The Morgan fingerprint density at radius 2 is 1.96 bits per heavy atom. The number of nitrogens with zero attached hydrogens (tertiary/aromatic N) is 4. The molecule has 1 amide bonds. The molecule has 2 unspecified atom stereocenters. The molecule has 1 aromatic heterocycles. The molecule has 9 heteroatoms. The molecule has 0 saturated carbocycles. The van der Waals surface area contributed by atoms with Crippen LogP contribution in [0.3, 0.4) is 0 Å². The second kappa shape index (κ2) is 8.41. The Morgan fingerprint density at radius 3 is 2.75 bits per heavy atom. The molecule has 0 spiro atoms. The molecule has 1 saturated heterocycles. The van der Waals surface area contributed by atoms with Crippen LogP contribution in [0, 0.1) is 6.92 Å². The van der Waals surface area contributed by atoms with E-state index in [1.54, 1.807) is 4.68 Å². The number of carbonyl (C=O) groups is 1. The first kappa shape index (κ1) is 18.5. The summed E-state index contributed by atoms with van der Waals surface area (Å²) in [5, 5.41) is 22.3. The van der Waals surface area contributed by atoms with Crippen LogP contribution in [0.4, 0.5) is 5.69 Å². The molecular weight excluding hydrogens is 374 g/mol. The van der Waals surface area contributed by atoms with Crippen molar-refractivity contribution in [3.63, 3.8) is 0 Å². The third-order valence-electron chi connectivity index (χ3n) is 4.36. The van der Waals surface area contributed by atoms with Gasteiger partial charge in [-0.15, -0.1) is 5.10 Å². The van der Waals surface area contributed by atoms with Crippen molar-refractivity contribution in [3.05, 3.63) is 60.2 Å². The summed E-state index contributed by atoms with van der Waals surface area (Å²) in [7, 11) is 0. The van der Waals surface area contributed by atoms with Crippen molar-refractivity contribution in [2.45, 2.75) is 30.8 Å². The highest BCUT2D eigenvalue weighted by atomic mass is 32.2. The predicted molar refractivity (Wildman–Crippen MR) is 108 cm³/mol. The number of amides is 1. The smallest absolute Gasteiger partial charge is 0.224 e. The number of rotatable bonds is 6. The van der Waals surface area contributed by atoms with Crippen molar-refractivity contribution in [2.75, 3.05) is 11.1 Å². The summed E-state index contributed by atoms with van der Waals surface area (Å²) in [6.07, 6.45) is 0.0890. The van der Waals surface area contributed by atoms with Gasteiger partial charge in [0, 0.05) is 23.9 Å². The van der Waals surface area contributed by atoms with E-state index in [1.165, 1.54) is 17.3 Å². The quantitative estimate of drug-likeness (QED) is 0.549. The van der Waals surface area contributed by atoms with Crippen LogP contribution >= 0.6 is 11.8 Å². The number of carbonyl (C=O) groups excluding carboxylic acids is 1. The molecule has 28 heavy (non-hydrogen) atoms. The molecule has 144 valence electrons. The number of nitrogens with one attached hydrogen (secondary N) is 3. The van der Waals surface area contributed by atoms with Gasteiger partial charge in [0.1, 0.15) is 0 Å². The lowest BCUT2D eigenvalue weighted by atomic mass is 10.2. The minimum absolute atomic E-state index is 0.00243. The highest BCUT2D eigenvalue weighted by Crippen LogP contribution is 2.20. The van der Waals surface area contributed by atoms with Gasteiger partial charge in [0.25, 0.3) is 0 Å². The summed E-state index contributed by atoms with van der Waals surface area (Å²) in [4.78, 5) is 12.1. The van der Waals surface area contributed by atoms with E-state index >= 15 is 0 Å². The van der Waals surface area contributed by atoms with Crippen LogP contribution in [-0.4, -0.2) is 44.2 Å². The van der Waals surface area contributed by atoms with Gasteiger partial charge in [-0.25, -0.2) is 0 Å². The molecule has 3 N–H and O–H groups in total. The second-order valence-corrected chi connectivity index (χ2v) is 7.59. The zero-order valence-corrected chi connectivity index (χ0v) is 16.2. The van der Waals surface area contributed by atoms with E-state index < -0.39 is 0 Å². The number of benzene rings is 2. The van der Waals surface area contributed by atoms with Crippen molar-refractivity contribution in [1.29, 1.82) is 0 Å². The Balaban J connectivity index is 1.38. The van der Waals surface area contributed by atoms with Crippen LogP contribution < -0.4 is 16.0 Å². The van der Waals surface area contributed by atoms with Gasteiger partial charge in [0.2, 0.25) is 11.1 Å². The first-order valence-corrected chi connectivity index (χ1v) is 10.0. The molecule has 3 aromatic rings. The normalized spacial score (nSPS) is 19.2. The topological polar surface area (TPSA) is 96.8 Å². The Kier molecular flexibility index (Phi) is 5.54. The largest absolute Gasteiger partial charge is 0.353 e. The van der Waals surface area contributed by atoms with Crippen LogP contribution in [0.25, 0.3) is 5.69 Å². The van der Waals surface area contributed by atoms with Gasteiger partial charge < -0.3 is 10.6 Å². The van der Waals surface area contributed by atoms with Crippen molar-refractivity contribution < 1.29 is 4.79 Å². The van der Waals surface area contributed by atoms with Crippen LogP contribution in [0.5, 0.6) is 0 Å². The number of aromatic nitrogens is 4. The van der Waals surface area contributed by atoms with Gasteiger partial charge in [-0.2, -0.15) is 4.68 Å². The van der Waals surface area contributed by atoms with Crippen LogP contribution in [0.15, 0.2) is 59.8 Å². The van der Waals surface area contributed by atoms with Gasteiger partial charge in [-0.1, -0.05) is 47.7 Å². The summed E-state index contributed by atoms with van der Waals surface area (Å²) in [5.41, 5.74) is 3.05. The fraction of sp³-hybridized carbons (Fsp3) is 0.263. The molecule has 1 aliphatic rings. The highest BCUT2D eigenvalue weighted by molar-refractivity contribution is 7.99. The van der Waals surface area contributed by atoms with Gasteiger partial charge in [0.15, 0.2) is 6.29 Å². The number of para-hydroxylation sites is 1. The molecule has 0 radical (unpaired) electrons. The second-order valence-electron chi connectivity index (χ2n) is 6.60. The number of hydrogen-bond donors (Lipinski definition) is 3. The maximum absolute atomic E-state index is 12.1. The zero-order valence-electron chi connectivity index (χ0n) is 15.4. The molecule has 0 aliphatic carbocycles. The van der Waals surface area contributed by atoms with Gasteiger partial charge in [-0.05, 0) is 41.6 Å². The van der Waals surface area contributed by atoms with E-state index in [4.69, 9.17) is 0 Å². The monoisotopic (exact) mass is 395 g/mol. The molecule has 4 rings (SSSR count). The number of tetrazole rings is 1. The lowest BCUT2D eigenvalue weighted by Crippen LogP contribution is -2.60. The SMILES string of the molecule is Cc1ccc(NC2NC(=O)CC(CSc3nnnn3-c3ccccc3)N2)cc1. The maximum Gasteiger partial charge on any atom is 0.224 e. The summed E-state index contributed by atoms with van der Waals surface area (Å²) < 4.78 is 1.70. The fourth-order valence-corrected chi connectivity index (χ4v) is 3.88. The summed E-state index contributed by atoms with van der Waals surface area (Å²) in [6, 6.07) is 17.8. The highest BCUT2D eigenvalue weighted by Gasteiger charge is 2.26. The average molecular weight is 395 g/mol. The average Bonchev–Trinajstić information content (AvgIpc) is 3.17. The molecule has 1 fully saturated rings. The van der Waals surface area contributed by atoms with Crippen LogP contribution in [0.1, 0.15) is 12.0 Å². The minimum Gasteiger partial charge on any atom is -0.353 e. The van der Waals surface area contributed by atoms with E-state index in [9.17, 15) is 4.79 Å². The van der Waals surface area contributed by atoms with Gasteiger partial charge in [0.05, 0.1) is 5.69 Å². The van der Waals surface area contributed by atoms with Crippen LogP contribution in [-0.2, 0) is 4.79 Å². The van der Waals surface area contributed by atoms with Gasteiger partial charge >= 0.3 is 0 Å². The van der Waals surface area contributed by atoms with E-state index in [2.05, 4.69) is 31.5 Å². The van der Waals surface area contributed by atoms with E-state index in [0.29, 0.717) is 17.3 Å². The Labute approximate surface area is 167 Å². The maximum atomic E-state index is 12.1. The lowest BCUT2D eigenvalue weighted by molar-refractivity contribution is -0.123. The molecule has 8 nitrogen and oxygen atoms in total. The summed E-state index contributed by atoms with van der Waals surface area (Å²) >= 11 is 1.52. The minimum atomic E-state index is -0.320.